The molecule has 0 saturated heterocycles. The van der Waals surface area contributed by atoms with Crippen molar-refractivity contribution in [1.29, 1.82) is 0 Å². The number of guanidine groups is 1. The zero-order chi connectivity index (χ0) is 17.2. The lowest BCUT2D eigenvalue weighted by Gasteiger charge is -2.22. The summed E-state index contributed by atoms with van der Waals surface area (Å²) < 4.78 is 5.71. The van der Waals surface area contributed by atoms with Crippen LogP contribution in [0.25, 0.3) is 0 Å². The maximum atomic E-state index is 11.6. The predicted molar refractivity (Wildman–Crippen MR) is 112 cm³/mol. The first-order valence-corrected chi connectivity index (χ1v) is 8.65. The number of rotatable bonds is 9. The third kappa shape index (κ3) is 8.42. The molecule has 0 bridgehead atoms. The van der Waals surface area contributed by atoms with Gasteiger partial charge in [0.2, 0.25) is 5.91 Å². The maximum absolute atomic E-state index is 11.6. The minimum Gasteiger partial charge on any atom is -0.492 e. The van der Waals surface area contributed by atoms with E-state index < -0.39 is 0 Å². The van der Waals surface area contributed by atoms with Crippen LogP contribution >= 0.6 is 24.0 Å². The number of benzene rings is 1. The molecule has 1 aliphatic rings. The van der Waals surface area contributed by atoms with Crippen molar-refractivity contribution in [1.82, 2.24) is 15.5 Å². The van der Waals surface area contributed by atoms with Crippen molar-refractivity contribution in [3.63, 3.8) is 0 Å². The van der Waals surface area contributed by atoms with Gasteiger partial charge >= 0.3 is 0 Å². The van der Waals surface area contributed by atoms with Crippen molar-refractivity contribution in [2.75, 3.05) is 39.8 Å². The zero-order valence-corrected chi connectivity index (χ0v) is 17.4. The van der Waals surface area contributed by atoms with E-state index in [-0.39, 0.29) is 35.8 Å². The van der Waals surface area contributed by atoms with Crippen molar-refractivity contribution in [2.45, 2.75) is 19.8 Å². The molecule has 7 heteroatoms. The van der Waals surface area contributed by atoms with E-state index in [0.717, 1.165) is 37.6 Å². The van der Waals surface area contributed by atoms with E-state index in [0.29, 0.717) is 19.7 Å². The Hall–Kier alpha value is -1.51. The van der Waals surface area contributed by atoms with Gasteiger partial charge in [0, 0.05) is 26.1 Å². The molecule has 0 aromatic heterocycles. The number of halogens is 1. The molecule has 0 heterocycles. The first-order valence-electron chi connectivity index (χ1n) is 8.65. The summed E-state index contributed by atoms with van der Waals surface area (Å²) in [6.45, 7) is 5.32. The molecule has 2 N–H and O–H groups in total. The van der Waals surface area contributed by atoms with Crippen LogP contribution in [0.15, 0.2) is 35.3 Å². The van der Waals surface area contributed by atoms with E-state index in [1.807, 2.05) is 49.2 Å². The molecule has 1 fully saturated rings. The minimum absolute atomic E-state index is 0. The number of carbonyl (C=O) groups excluding carboxylic acids is 1. The summed E-state index contributed by atoms with van der Waals surface area (Å²) in [5, 5.41) is 6.19. The zero-order valence-electron chi connectivity index (χ0n) is 15.0. The molecule has 0 radical (unpaired) electrons. The quantitative estimate of drug-likeness (QED) is 0.257. The summed E-state index contributed by atoms with van der Waals surface area (Å²) in [4.78, 5) is 18.2. The lowest BCUT2D eigenvalue weighted by molar-refractivity contribution is -0.122. The molecule has 0 spiro atoms. The highest BCUT2D eigenvalue weighted by atomic mass is 127. The topological polar surface area (TPSA) is 66.0 Å². The number of carbonyl (C=O) groups is 1. The fourth-order valence-corrected chi connectivity index (χ4v) is 2.22. The number of hydrogen-bond donors (Lipinski definition) is 2. The molecule has 1 aromatic carbocycles. The standard InChI is InChI=1S/C18H28N4O2.HI/c1-3-19-18(21-12-11-20-17(23)15-9-10-15)22(2)13-14-24-16-7-5-4-6-8-16;/h4-8,15H,3,9-14H2,1-2H3,(H,19,21)(H,20,23);1H. The van der Waals surface area contributed by atoms with Crippen molar-refractivity contribution in [3.8, 4) is 5.75 Å². The SMILES string of the molecule is CCNC(=NCCNC(=O)C1CC1)N(C)CCOc1ccccc1.I. The highest BCUT2D eigenvalue weighted by Crippen LogP contribution is 2.28. The van der Waals surface area contributed by atoms with E-state index in [2.05, 4.69) is 15.6 Å². The van der Waals surface area contributed by atoms with Gasteiger partial charge < -0.3 is 20.3 Å². The van der Waals surface area contributed by atoms with Crippen LogP contribution in [0.2, 0.25) is 0 Å². The van der Waals surface area contributed by atoms with Crippen LogP contribution in [-0.4, -0.2) is 56.6 Å². The summed E-state index contributed by atoms with van der Waals surface area (Å²) in [6.07, 6.45) is 2.06. The average molecular weight is 460 g/mol. The van der Waals surface area contributed by atoms with Crippen LogP contribution < -0.4 is 15.4 Å². The van der Waals surface area contributed by atoms with Gasteiger partial charge in [-0.1, -0.05) is 18.2 Å². The van der Waals surface area contributed by atoms with Gasteiger partial charge in [0.15, 0.2) is 5.96 Å². The summed E-state index contributed by atoms with van der Waals surface area (Å²) in [5.41, 5.74) is 0. The Kier molecular flexibility index (Phi) is 10.3. The van der Waals surface area contributed by atoms with Crippen molar-refractivity contribution in [2.24, 2.45) is 10.9 Å². The number of hydrogen-bond acceptors (Lipinski definition) is 3. The molecule has 0 unspecified atom stereocenters. The fourth-order valence-electron chi connectivity index (χ4n) is 2.22. The Morgan fingerprint density at radius 1 is 1.28 bits per heavy atom. The van der Waals surface area contributed by atoms with Crippen LogP contribution in [0.3, 0.4) is 0 Å². The van der Waals surface area contributed by atoms with Crippen molar-refractivity contribution < 1.29 is 9.53 Å². The molecular weight excluding hydrogens is 431 g/mol. The van der Waals surface area contributed by atoms with Gasteiger partial charge in [0.05, 0.1) is 13.1 Å². The Morgan fingerprint density at radius 3 is 2.64 bits per heavy atom. The number of likely N-dealkylation sites (N-methyl/N-ethyl adjacent to an activating group) is 1. The van der Waals surface area contributed by atoms with Crippen molar-refractivity contribution >= 4 is 35.8 Å². The number of nitrogens with zero attached hydrogens (tertiary/aromatic N) is 2. The van der Waals surface area contributed by atoms with Gasteiger partial charge in [-0.05, 0) is 31.9 Å². The number of amides is 1. The molecule has 25 heavy (non-hydrogen) atoms. The highest BCUT2D eigenvalue weighted by molar-refractivity contribution is 14.0. The smallest absolute Gasteiger partial charge is 0.223 e. The average Bonchev–Trinajstić information content (AvgIpc) is 3.43. The molecule has 0 aliphatic heterocycles. The molecule has 1 saturated carbocycles. The summed E-state index contributed by atoms with van der Waals surface area (Å²) in [7, 11) is 1.98. The lowest BCUT2D eigenvalue weighted by Crippen LogP contribution is -2.41. The Morgan fingerprint density at radius 2 is 2.00 bits per heavy atom. The normalized spacial score (nSPS) is 13.6. The van der Waals surface area contributed by atoms with E-state index in [1.165, 1.54) is 0 Å². The molecule has 1 aromatic rings. The van der Waals surface area contributed by atoms with Crippen LogP contribution in [0, 0.1) is 5.92 Å². The van der Waals surface area contributed by atoms with Gasteiger partial charge in [-0.3, -0.25) is 9.79 Å². The lowest BCUT2D eigenvalue weighted by atomic mass is 10.3. The van der Waals surface area contributed by atoms with E-state index in [9.17, 15) is 4.79 Å². The summed E-state index contributed by atoms with van der Waals surface area (Å²) >= 11 is 0. The number of nitrogens with one attached hydrogen (secondary N) is 2. The Bertz CT molecular complexity index is 535. The van der Waals surface area contributed by atoms with Gasteiger partial charge in [-0.15, -0.1) is 24.0 Å². The number of para-hydroxylation sites is 1. The molecule has 1 aliphatic carbocycles. The second-order valence-electron chi connectivity index (χ2n) is 5.88. The molecular formula is C18H29IN4O2. The third-order valence-electron chi connectivity index (χ3n) is 3.76. The highest BCUT2D eigenvalue weighted by Gasteiger charge is 2.28. The van der Waals surface area contributed by atoms with Crippen LogP contribution in [-0.2, 0) is 4.79 Å². The second kappa shape index (κ2) is 11.9. The monoisotopic (exact) mass is 460 g/mol. The number of ether oxygens (including phenoxy) is 1. The van der Waals surface area contributed by atoms with Crippen LogP contribution in [0.4, 0.5) is 0 Å². The predicted octanol–water partition coefficient (Wildman–Crippen LogP) is 2.11. The molecule has 140 valence electrons. The van der Waals surface area contributed by atoms with Gasteiger partial charge in [-0.2, -0.15) is 0 Å². The number of aliphatic imine (C=N–C) groups is 1. The molecule has 2 rings (SSSR count). The first-order chi connectivity index (χ1) is 11.7. The molecule has 6 nitrogen and oxygen atoms in total. The van der Waals surface area contributed by atoms with Crippen molar-refractivity contribution in [3.05, 3.63) is 30.3 Å². The minimum atomic E-state index is 0. The van der Waals surface area contributed by atoms with Crippen LogP contribution in [0.1, 0.15) is 19.8 Å². The first kappa shape index (κ1) is 21.5. The fraction of sp³-hybridized carbons (Fsp3) is 0.556. The molecule has 1 amide bonds. The maximum Gasteiger partial charge on any atom is 0.223 e. The van der Waals surface area contributed by atoms with Gasteiger partial charge in [0.25, 0.3) is 0 Å². The van der Waals surface area contributed by atoms with Crippen LogP contribution in [0.5, 0.6) is 5.75 Å². The third-order valence-corrected chi connectivity index (χ3v) is 3.76. The largest absolute Gasteiger partial charge is 0.492 e. The summed E-state index contributed by atoms with van der Waals surface area (Å²) in [5.74, 6) is 2.12. The van der Waals surface area contributed by atoms with E-state index in [1.54, 1.807) is 0 Å². The van der Waals surface area contributed by atoms with Gasteiger partial charge in [-0.25, -0.2) is 0 Å². The Balaban J connectivity index is 0.00000312. The van der Waals surface area contributed by atoms with Gasteiger partial charge in [0.1, 0.15) is 12.4 Å². The van der Waals surface area contributed by atoms with E-state index >= 15 is 0 Å². The Labute approximate surface area is 167 Å². The second-order valence-corrected chi connectivity index (χ2v) is 5.88. The molecule has 0 atom stereocenters. The van der Waals surface area contributed by atoms with E-state index in [4.69, 9.17) is 4.74 Å². The summed E-state index contributed by atoms with van der Waals surface area (Å²) in [6, 6.07) is 9.78.